The zero-order valence-corrected chi connectivity index (χ0v) is 16.4. The predicted molar refractivity (Wildman–Crippen MR) is 107 cm³/mol. The third-order valence-corrected chi connectivity index (χ3v) is 5.39. The summed E-state index contributed by atoms with van der Waals surface area (Å²) < 4.78 is 1.80. The van der Waals surface area contributed by atoms with E-state index < -0.39 is 0 Å². The lowest BCUT2D eigenvalue weighted by Crippen LogP contribution is -2.22. The van der Waals surface area contributed by atoms with Crippen molar-refractivity contribution in [2.45, 2.75) is 24.3 Å². The number of thioether (sulfide) groups is 1. The molecule has 1 atom stereocenters. The van der Waals surface area contributed by atoms with Crippen molar-refractivity contribution >= 4 is 46.6 Å². The van der Waals surface area contributed by atoms with Crippen LogP contribution in [0.2, 0.25) is 10.0 Å². The summed E-state index contributed by atoms with van der Waals surface area (Å²) >= 11 is 13.5. The molecule has 2 aromatic carbocycles. The minimum atomic E-state index is -0.377. The van der Waals surface area contributed by atoms with Gasteiger partial charge in [0.25, 0.3) is 0 Å². The predicted octanol–water partition coefficient (Wildman–Crippen LogP) is 5.00. The van der Waals surface area contributed by atoms with Crippen molar-refractivity contribution < 1.29 is 4.79 Å². The molecule has 3 aromatic rings. The first-order valence-corrected chi connectivity index (χ1v) is 9.47. The minimum absolute atomic E-state index is 0.145. The first-order valence-electron chi connectivity index (χ1n) is 7.83. The Labute approximate surface area is 165 Å². The first-order chi connectivity index (χ1) is 12.4. The van der Waals surface area contributed by atoms with E-state index in [9.17, 15) is 4.79 Å². The molecule has 1 amide bonds. The molecular weight excluding hydrogens is 391 g/mol. The number of aryl methyl sites for hydroxylation is 1. The molecule has 0 aliphatic carbocycles. The van der Waals surface area contributed by atoms with Crippen molar-refractivity contribution in [1.29, 1.82) is 0 Å². The quantitative estimate of drug-likeness (QED) is 0.605. The van der Waals surface area contributed by atoms with Crippen molar-refractivity contribution in [3.8, 4) is 5.69 Å². The molecule has 0 spiro atoms. The van der Waals surface area contributed by atoms with Crippen molar-refractivity contribution in [3.05, 3.63) is 64.4 Å². The summed E-state index contributed by atoms with van der Waals surface area (Å²) in [7, 11) is 0. The van der Waals surface area contributed by atoms with Crippen LogP contribution < -0.4 is 5.32 Å². The van der Waals surface area contributed by atoms with E-state index in [0.29, 0.717) is 20.9 Å². The number of rotatable bonds is 5. The molecule has 0 aliphatic rings. The highest BCUT2D eigenvalue weighted by Gasteiger charge is 2.19. The molecular formula is C18H16Cl2N4OS. The van der Waals surface area contributed by atoms with Gasteiger partial charge in [-0.05, 0) is 49.7 Å². The Kier molecular flexibility index (Phi) is 5.86. The number of amides is 1. The highest BCUT2D eigenvalue weighted by molar-refractivity contribution is 8.00. The zero-order valence-electron chi connectivity index (χ0n) is 14.1. The van der Waals surface area contributed by atoms with Crippen LogP contribution in [0.1, 0.15) is 12.5 Å². The molecule has 8 heteroatoms. The van der Waals surface area contributed by atoms with Gasteiger partial charge in [-0.25, -0.2) is 0 Å². The number of carbonyl (C=O) groups is 1. The third kappa shape index (κ3) is 4.38. The van der Waals surface area contributed by atoms with Crippen molar-refractivity contribution in [2.24, 2.45) is 0 Å². The van der Waals surface area contributed by atoms with E-state index in [4.69, 9.17) is 23.2 Å². The molecule has 0 fully saturated rings. The van der Waals surface area contributed by atoms with Crippen molar-refractivity contribution in [3.63, 3.8) is 0 Å². The smallest absolute Gasteiger partial charge is 0.237 e. The van der Waals surface area contributed by atoms with E-state index in [1.165, 1.54) is 11.8 Å². The van der Waals surface area contributed by atoms with Gasteiger partial charge in [-0.2, -0.15) is 0 Å². The number of halogens is 2. The fourth-order valence-corrected chi connectivity index (χ4v) is 3.44. The number of hydrogen-bond donors (Lipinski definition) is 1. The Bertz CT molecular complexity index is 944. The second kappa shape index (κ2) is 8.12. The number of benzene rings is 2. The summed E-state index contributed by atoms with van der Waals surface area (Å²) in [6.07, 6.45) is 1.60. The third-order valence-electron chi connectivity index (χ3n) is 3.69. The number of aromatic nitrogens is 3. The summed E-state index contributed by atoms with van der Waals surface area (Å²) in [6.45, 7) is 3.75. The number of carbonyl (C=O) groups excluding carboxylic acids is 1. The number of anilines is 1. The molecule has 1 unspecified atom stereocenters. The van der Waals surface area contributed by atoms with Gasteiger partial charge < -0.3 is 5.32 Å². The van der Waals surface area contributed by atoms with E-state index in [1.807, 2.05) is 32.0 Å². The molecule has 0 bridgehead atoms. The SMILES string of the molecule is Cc1ccc(-n2cnnc2SC(C)C(=O)Nc2cccc(Cl)c2)cc1Cl. The Morgan fingerprint density at radius 1 is 1.23 bits per heavy atom. The molecule has 3 rings (SSSR count). The molecule has 1 aromatic heterocycles. The minimum Gasteiger partial charge on any atom is -0.325 e. The standard InChI is InChI=1S/C18H16Cl2N4OS/c1-11-6-7-15(9-16(11)20)24-10-21-23-18(24)26-12(2)17(25)22-14-5-3-4-13(19)8-14/h3-10,12H,1-2H3,(H,22,25). The molecule has 5 nitrogen and oxygen atoms in total. The van der Waals surface area contributed by atoms with Crippen LogP contribution >= 0.6 is 35.0 Å². The number of nitrogens with zero attached hydrogens (tertiary/aromatic N) is 3. The topological polar surface area (TPSA) is 59.8 Å². The van der Waals surface area contributed by atoms with Crippen LogP contribution in [0.15, 0.2) is 53.9 Å². The largest absolute Gasteiger partial charge is 0.325 e. The van der Waals surface area contributed by atoms with Gasteiger partial charge in [0.05, 0.1) is 10.9 Å². The lowest BCUT2D eigenvalue weighted by atomic mass is 10.2. The second-order valence-electron chi connectivity index (χ2n) is 5.68. The maximum absolute atomic E-state index is 12.4. The Balaban J connectivity index is 1.74. The van der Waals surface area contributed by atoms with Gasteiger partial charge in [0.1, 0.15) is 6.33 Å². The van der Waals surface area contributed by atoms with Crippen molar-refractivity contribution in [1.82, 2.24) is 14.8 Å². The van der Waals surface area contributed by atoms with E-state index in [1.54, 1.807) is 35.2 Å². The zero-order chi connectivity index (χ0) is 18.7. The second-order valence-corrected chi connectivity index (χ2v) is 7.83. The molecule has 0 saturated carbocycles. The van der Waals surface area contributed by atoms with Gasteiger partial charge in [-0.1, -0.05) is 47.1 Å². The van der Waals surface area contributed by atoms with Gasteiger partial charge in [0, 0.05) is 15.7 Å². The monoisotopic (exact) mass is 406 g/mol. The molecule has 1 N–H and O–H groups in total. The normalized spacial score (nSPS) is 12.0. The van der Waals surface area contributed by atoms with Crippen LogP contribution in [0.25, 0.3) is 5.69 Å². The number of hydrogen-bond acceptors (Lipinski definition) is 4. The van der Waals surface area contributed by atoms with Crippen LogP contribution in [-0.2, 0) is 4.79 Å². The lowest BCUT2D eigenvalue weighted by molar-refractivity contribution is -0.115. The van der Waals surface area contributed by atoms with Crippen LogP contribution in [-0.4, -0.2) is 25.9 Å². The Hall–Kier alpha value is -2.02. The van der Waals surface area contributed by atoms with E-state index in [0.717, 1.165) is 11.3 Å². The maximum atomic E-state index is 12.4. The summed E-state index contributed by atoms with van der Waals surface area (Å²) in [5.41, 5.74) is 2.49. The average Bonchev–Trinajstić information content (AvgIpc) is 3.05. The lowest BCUT2D eigenvalue weighted by Gasteiger charge is -2.13. The number of nitrogens with one attached hydrogen (secondary N) is 1. The highest BCUT2D eigenvalue weighted by atomic mass is 35.5. The molecule has 0 saturated heterocycles. The average molecular weight is 407 g/mol. The summed E-state index contributed by atoms with van der Waals surface area (Å²) in [4.78, 5) is 12.4. The summed E-state index contributed by atoms with van der Waals surface area (Å²) in [6, 6.07) is 12.7. The van der Waals surface area contributed by atoms with E-state index in [-0.39, 0.29) is 11.2 Å². The van der Waals surface area contributed by atoms with Gasteiger partial charge in [0.15, 0.2) is 5.16 Å². The molecule has 1 heterocycles. The summed E-state index contributed by atoms with van der Waals surface area (Å²) in [5.74, 6) is -0.145. The van der Waals surface area contributed by atoms with E-state index in [2.05, 4.69) is 15.5 Å². The summed E-state index contributed by atoms with van der Waals surface area (Å²) in [5, 5.41) is 12.4. The fourth-order valence-electron chi connectivity index (χ4n) is 2.24. The van der Waals surface area contributed by atoms with Crippen LogP contribution in [0.3, 0.4) is 0 Å². The first kappa shape index (κ1) is 18.8. The maximum Gasteiger partial charge on any atom is 0.237 e. The Morgan fingerprint density at radius 3 is 2.77 bits per heavy atom. The van der Waals surface area contributed by atoms with E-state index >= 15 is 0 Å². The Morgan fingerprint density at radius 2 is 2.04 bits per heavy atom. The van der Waals surface area contributed by atoms with Gasteiger partial charge in [-0.15, -0.1) is 10.2 Å². The van der Waals surface area contributed by atoms with Gasteiger partial charge in [-0.3, -0.25) is 9.36 Å². The molecule has 134 valence electrons. The molecule has 0 aliphatic heterocycles. The van der Waals surface area contributed by atoms with Crippen LogP contribution in [0, 0.1) is 6.92 Å². The van der Waals surface area contributed by atoms with Crippen molar-refractivity contribution in [2.75, 3.05) is 5.32 Å². The van der Waals surface area contributed by atoms with Gasteiger partial charge in [0.2, 0.25) is 5.91 Å². The molecule has 26 heavy (non-hydrogen) atoms. The fraction of sp³-hybridized carbons (Fsp3) is 0.167. The molecule has 0 radical (unpaired) electrons. The van der Waals surface area contributed by atoms with Gasteiger partial charge >= 0.3 is 0 Å². The highest BCUT2D eigenvalue weighted by Crippen LogP contribution is 2.27. The van der Waals surface area contributed by atoms with Crippen LogP contribution in [0.5, 0.6) is 0 Å². The van der Waals surface area contributed by atoms with Crippen LogP contribution in [0.4, 0.5) is 5.69 Å².